The van der Waals surface area contributed by atoms with E-state index >= 15 is 0 Å². The van der Waals surface area contributed by atoms with Crippen LogP contribution in [0.15, 0.2) is 0 Å². The van der Waals surface area contributed by atoms with Crippen molar-refractivity contribution in [3.05, 3.63) is 0 Å². The topological polar surface area (TPSA) is 225 Å². The molecular weight excluding hydrogens is 352 g/mol. The first-order chi connectivity index (χ1) is 9.09. The SMILES string of the molecule is O=C(O)CCCCC(=O)O.O=C([O-])C(O)C(O)C(=O)[O-].[Fe+3].[OH-]. The second-order valence-electron chi connectivity index (χ2n) is 3.52. The average Bonchev–Trinajstić information content (AvgIpc) is 2.32. The van der Waals surface area contributed by atoms with Crippen LogP contribution in [0, 0.1) is 0 Å². The molecule has 2 atom stereocenters. The number of hydrogen-bond acceptors (Lipinski definition) is 9. The van der Waals surface area contributed by atoms with Gasteiger partial charge in [0.1, 0.15) is 12.2 Å². The first-order valence-corrected chi connectivity index (χ1v) is 5.31. The van der Waals surface area contributed by atoms with Crippen molar-refractivity contribution < 1.29 is 72.4 Å². The molecule has 1 radical (unpaired) electrons. The predicted molar refractivity (Wildman–Crippen MR) is 57.7 cm³/mol. The van der Waals surface area contributed by atoms with Crippen LogP contribution in [-0.4, -0.2) is 62.0 Å². The summed E-state index contributed by atoms with van der Waals surface area (Å²) in [6.07, 6.45) is -3.86. The van der Waals surface area contributed by atoms with Crippen molar-refractivity contribution in [1.29, 1.82) is 0 Å². The van der Waals surface area contributed by atoms with Crippen molar-refractivity contribution in [2.75, 3.05) is 0 Å². The second-order valence-corrected chi connectivity index (χ2v) is 3.52. The second kappa shape index (κ2) is 15.7. The molecule has 2 unspecified atom stereocenters. The summed E-state index contributed by atoms with van der Waals surface area (Å²) >= 11 is 0. The molecule has 0 aromatic heterocycles. The van der Waals surface area contributed by atoms with Crippen molar-refractivity contribution in [1.82, 2.24) is 0 Å². The van der Waals surface area contributed by atoms with Gasteiger partial charge in [0.15, 0.2) is 0 Å². The number of aliphatic hydroxyl groups excluding tert-OH is 2. The molecule has 0 heterocycles. The Bertz CT molecular complexity index is 323. The van der Waals surface area contributed by atoms with Gasteiger partial charge in [0.2, 0.25) is 0 Å². The van der Waals surface area contributed by atoms with Crippen LogP contribution in [0.5, 0.6) is 0 Å². The summed E-state index contributed by atoms with van der Waals surface area (Å²) in [6.45, 7) is 0. The van der Waals surface area contributed by atoms with Gasteiger partial charge >= 0.3 is 29.0 Å². The molecule has 12 heteroatoms. The molecule has 0 fully saturated rings. The molecule has 5 N–H and O–H groups in total. The zero-order chi connectivity index (χ0) is 16.3. The number of aliphatic hydroxyl groups is 2. The third kappa shape index (κ3) is 18.3. The van der Waals surface area contributed by atoms with Crippen LogP contribution in [0.1, 0.15) is 25.7 Å². The molecule has 0 amide bonds. The number of rotatable bonds is 8. The fourth-order valence-electron chi connectivity index (χ4n) is 0.810. The van der Waals surface area contributed by atoms with Gasteiger partial charge in [-0.05, 0) is 12.8 Å². The minimum absolute atomic E-state index is 0. The third-order valence-corrected chi connectivity index (χ3v) is 1.81. The molecule has 0 saturated carbocycles. The van der Waals surface area contributed by atoms with E-state index in [1.54, 1.807) is 0 Å². The summed E-state index contributed by atoms with van der Waals surface area (Å²) in [6, 6.07) is 0. The van der Waals surface area contributed by atoms with Crippen LogP contribution in [0.2, 0.25) is 0 Å². The van der Waals surface area contributed by atoms with E-state index in [1.165, 1.54) is 0 Å². The normalized spacial score (nSPS) is 11.4. The minimum Gasteiger partial charge on any atom is -0.870 e. The molecule has 0 aliphatic carbocycles. The van der Waals surface area contributed by atoms with Gasteiger partial charge in [0, 0.05) is 12.8 Å². The Morgan fingerprint density at radius 2 is 1.00 bits per heavy atom. The zero-order valence-corrected chi connectivity index (χ0v) is 12.1. The molecular formula is C10H15FeO11. The Labute approximate surface area is 135 Å². The number of hydrogen-bond donors (Lipinski definition) is 4. The molecule has 11 nitrogen and oxygen atoms in total. The van der Waals surface area contributed by atoms with Crippen LogP contribution < -0.4 is 10.2 Å². The fourth-order valence-corrected chi connectivity index (χ4v) is 0.810. The number of carbonyl (C=O) groups is 4. The summed E-state index contributed by atoms with van der Waals surface area (Å²) in [4.78, 5) is 39.1. The quantitative estimate of drug-likeness (QED) is 0.237. The van der Waals surface area contributed by atoms with Crippen LogP contribution in [0.4, 0.5) is 0 Å². The van der Waals surface area contributed by atoms with E-state index in [4.69, 9.17) is 20.4 Å². The first-order valence-electron chi connectivity index (χ1n) is 5.31. The summed E-state index contributed by atoms with van der Waals surface area (Å²) in [5, 5.41) is 52.0. The van der Waals surface area contributed by atoms with Gasteiger partial charge in [-0.15, -0.1) is 0 Å². The smallest absolute Gasteiger partial charge is 0.870 e. The number of unbranched alkanes of at least 4 members (excludes halogenated alkanes) is 1. The molecule has 0 aromatic carbocycles. The van der Waals surface area contributed by atoms with E-state index in [-0.39, 0.29) is 35.4 Å². The van der Waals surface area contributed by atoms with Gasteiger partial charge in [-0.25, -0.2) is 0 Å². The monoisotopic (exact) mass is 367 g/mol. The maximum absolute atomic E-state index is 9.90. The molecule has 0 spiro atoms. The molecule has 0 aliphatic heterocycles. The van der Waals surface area contributed by atoms with Gasteiger partial charge in [-0.3, -0.25) is 9.59 Å². The molecule has 0 bridgehead atoms. The molecule has 129 valence electrons. The Kier molecular flexibility index (Phi) is 20.3. The predicted octanol–water partition coefficient (Wildman–Crippen LogP) is -4.26. The minimum atomic E-state index is -2.44. The van der Waals surface area contributed by atoms with Gasteiger partial charge in [0.25, 0.3) is 0 Å². The zero-order valence-electron chi connectivity index (χ0n) is 11.0. The van der Waals surface area contributed by atoms with Crippen LogP contribution >= 0.6 is 0 Å². The third-order valence-electron chi connectivity index (χ3n) is 1.81. The van der Waals surface area contributed by atoms with Gasteiger partial charge in [0.05, 0.1) is 11.9 Å². The standard InChI is InChI=1S/C6H10O4.C4H6O6.Fe.H2O/c7-5(8)3-1-2-4-6(9)10;5-1(3(7)8)2(6)4(9)10;;/h1-4H2,(H,7,8)(H,9,10);1-2,5-6H,(H,7,8)(H,9,10);;1H2/q;;+3;/p-3. The van der Waals surface area contributed by atoms with E-state index in [2.05, 4.69) is 0 Å². The Morgan fingerprint density at radius 1 is 0.773 bits per heavy atom. The largest absolute Gasteiger partial charge is 3.00 e. The van der Waals surface area contributed by atoms with Crippen LogP contribution in [0.3, 0.4) is 0 Å². The average molecular weight is 367 g/mol. The van der Waals surface area contributed by atoms with Crippen molar-refractivity contribution in [2.45, 2.75) is 37.9 Å². The maximum Gasteiger partial charge on any atom is 3.00 e. The van der Waals surface area contributed by atoms with Crippen LogP contribution in [0.25, 0.3) is 0 Å². The van der Waals surface area contributed by atoms with Crippen LogP contribution in [-0.2, 0) is 36.2 Å². The maximum atomic E-state index is 9.90. The van der Waals surface area contributed by atoms with E-state index < -0.39 is 36.1 Å². The molecule has 0 rings (SSSR count). The number of aliphatic carboxylic acids is 4. The van der Waals surface area contributed by atoms with Crippen molar-refractivity contribution in [3.63, 3.8) is 0 Å². The number of carboxylic acid groups (broad SMARTS) is 4. The van der Waals surface area contributed by atoms with E-state index in [9.17, 15) is 29.4 Å². The van der Waals surface area contributed by atoms with E-state index in [0.717, 1.165) is 0 Å². The molecule has 0 saturated heterocycles. The van der Waals surface area contributed by atoms with Crippen molar-refractivity contribution in [3.8, 4) is 0 Å². The Morgan fingerprint density at radius 3 is 1.14 bits per heavy atom. The summed E-state index contributed by atoms with van der Waals surface area (Å²) in [5.41, 5.74) is 0. The van der Waals surface area contributed by atoms with Crippen molar-refractivity contribution >= 4 is 23.9 Å². The van der Waals surface area contributed by atoms with E-state index in [1.807, 2.05) is 0 Å². The van der Waals surface area contributed by atoms with Gasteiger partial charge in [-0.1, -0.05) is 0 Å². The van der Waals surface area contributed by atoms with Crippen molar-refractivity contribution in [2.24, 2.45) is 0 Å². The van der Waals surface area contributed by atoms with Gasteiger partial charge in [-0.2, -0.15) is 0 Å². The Balaban J connectivity index is -0.000000135. The molecule has 0 aromatic rings. The Hall–Kier alpha value is -1.72. The first kappa shape index (κ1) is 28.4. The molecule has 0 aliphatic rings. The number of carbonyl (C=O) groups excluding carboxylic acids is 2. The van der Waals surface area contributed by atoms with Gasteiger partial charge < -0.3 is 45.7 Å². The fraction of sp³-hybridized carbons (Fsp3) is 0.600. The summed E-state index contributed by atoms with van der Waals surface area (Å²) < 4.78 is 0. The summed E-state index contributed by atoms with van der Waals surface area (Å²) in [7, 11) is 0. The van der Waals surface area contributed by atoms with E-state index in [0.29, 0.717) is 12.8 Å². The summed E-state index contributed by atoms with van der Waals surface area (Å²) in [5.74, 6) is -5.86. The number of carboxylic acids is 4. The molecule has 22 heavy (non-hydrogen) atoms.